The number of hydrogen-bond donors (Lipinski definition) is 0. The van der Waals surface area contributed by atoms with Gasteiger partial charge in [-0.15, -0.1) is 0 Å². The van der Waals surface area contributed by atoms with Crippen molar-refractivity contribution in [1.29, 1.82) is 0 Å². The van der Waals surface area contributed by atoms with Crippen LogP contribution in [0.1, 0.15) is 69.2 Å². The fourth-order valence-electron chi connectivity index (χ4n) is 3.81. The van der Waals surface area contributed by atoms with Crippen molar-refractivity contribution in [2.24, 2.45) is 10.8 Å². The summed E-state index contributed by atoms with van der Waals surface area (Å²) in [7, 11) is 0. The topological polar surface area (TPSA) is 0 Å². The Hall–Kier alpha value is 0.713. The summed E-state index contributed by atoms with van der Waals surface area (Å²) < 4.78 is 3.59. The maximum Gasteiger partial charge on any atom is -1.00 e. The predicted molar refractivity (Wildman–Crippen MR) is 89.7 cm³/mol. The van der Waals surface area contributed by atoms with E-state index in [4.69, 9.17) is 0 Å². The Morgan fingerprint density at radius 1 is 0.500 bits per heavy atom. The summed E-state index contributed by atoms with van der Waals surface area (Å²) in [5, 5.41) is 0. The van der Waals surface area contributed by atoms with Crippen molar-refractivity contribution >= 4 is 0 Å². The molecule has 0 heterocycles. The van der Waals surface area contributed by atoms with E-state index in [2.05, 4.69) is 69.2 Å². The van der Waals surface area contributed by atoms with Crippen LogP contribution in [0.2, 0.25) is 0 Å². The Morgan fingerprint density at radius 3 is 0.917 bits per heavy atom. The van der Waals surface area contributed by atoms with E-state index in [1.54, 1.807) is 40.0 Å². The van der Waals surface area contributed by atoms with Gasteiger partial charge in [0.2, 0.25) is 0 Å². The molecule has 0 saturated heterocycles. The second-order valence-corrected chi connectivity index (χ2v) is 10.9. The van der Waals surface area contributed by atoms with Crippen LogP contribution in [0.5, 0.6) is 0 Å². The van der Waals surface area contributed by atoms with Crippen molar-refractivity contribution in [3.8, 4) is 0 Å². The van der Waals surface area contributed by atoms with Crippen LogP contribution in [0.25, 0.3) is 0 Å². The van der Waals surface area contributed by atoms with E-state index in [1.807, 2.05) is 0 Å². The van der Waals surface area contributed by atoms with Gasteiger partial charge in [-0.05, 0) is 0 Å². The van der Waals surface area contributed by atoms with Crippen molar-refractivity contribution in [1.82, 2.24) is 0 Å². The maximum absolute atomic E-state index is 2.43. The first-order valence-corrected chi connectivity index (χ1v) is 10.5. The van der Waals surface area contributed by atoms with Crippen LogP contribution in [-0.4, -0.2) is 0 Å². The number of rotatable bonds is 2. The molecule has 0 saturated carbocycles. The minimum absolute atomic E-state index is 0. The second kappa shape index (κ2) is 8.60. The van der Waals surface area contributed by atoms with E-state index in [-0.39, 0.29) is 48.1 Å². The fourth-order valence-corrected chi connectivity index (χ4v) is 8.73. The first-order valence-electron chi connectivity index (χ1n) is 8.00. The van der Waals surface area contributed by atoms with Crippen molar-refractivity contribution < 1.29 is 60.5 Å². The molecule has 0 unspecified atom stereocenters. The zero-order valence-corrected chi connectivity index (χ0v) is 21.4. The molecule has 0 aromatic carbocycles. The van der Waals surface area contributed by atoms with E-state index >= 15 is 0 Å². The molecule has 24 heavy (non-hydrogen) atoms. The van der Waals surface area contributed by atoms with Gasteiger partial charge in [0.05, 0.1) is 0 Å². The Balaban J connectivity index is 0. The molecule has 0 radical (unpaired) electrons. The van der Waals surface area contributed by atoms with E-state index in [1.165, 1.54) is 0 Å². The molecule has 0 fully saturated rings. The molecule has 0 spiro atoms. The summed E-state index contributed by atoms with van der Waals surface area (Å²) >= 11 is -0.730. The molecule has 0 amide bonds. The molecule has 2 aliphatic rings. The van der Waals surface area contributed by atoms with Crippen LogP contribution in [0.15, 0.2) is 40.0 Å². The molecule has 135 valence electrons. The van der Waals surface area contributed by atoms with Gasteiger partial charge in [-0.3, -0.25) is 0 Å². The van der Waals surface area contributed by atoms with Crippen LogP contribution in [-0.2, 0) is 23.2 Å². The smallest absolute Gasteiger partial charge is 1.00 e. The zero-order chi connectivity index (χ0) is 16.3. The standard InChI is InChI=1S/2C10H15.3ClH.Zr/c2*1-7-6-10(4,5)9(3)8(7)2;;;;/h2*1-5H3;3*1H;/q;;;;;+3/p-3. The van der Waals surface area contributed by atoms with Crippen LogP contribution in [0, 0.1) is 10.8 Å². The Morgan fingerprint density at radius 2 is 0.750 bits per heavy atom. The third-order valence-corrected chi connectivity index (χ3v) is 12.5. The molecule has 2 rings (SSSR count). The van der Waals surface area contributed by atoms with Gasteiger partial charge in [0.15, 0.2) is 0 Å². The predicted octanol–water partition coefficient (Wildman–Crippen LogP) is -2.62. The van der Waals surface area contributed by atoms with Crippen LogP contribution in [0.3, 0.4) is 0 Å². The summed E-state index contributed by atoms with van der Waals surface area (Å²) in [4.78, 5) is 0. The van der Waals surface area contributed by atoms with Gasteiger partial charge >= 0.3 is 143 Å². The van der Waals surface area contributed by atoms with Crippen LogP contribution in [0.4, 0.5) is 0 Å². The number of hydrogen-bond acceptors (Lipinski definition) is 0. The van der Waals surface area contributed by atoms with Gasteiger partial charge < -0.3 is 37.2 Å². The molecular formula is C20H30Cl3Zr. The number of allylic oxidation sites excluding steroid dienone is 8. The van der Waals surface area contributed by atoms with Gasteiger partial charge in [-0.25, -0.2) is 0 Å². The average molecular weight is 468 g/mol. The van der Waals surface area contributed by atoms with Gasteiger partial charge in [0.1, 0.15) is 0 Å². The van der Waals surface area contributed by atoms with Crippen molar-refractivity contribution in [3.63, 3.8) is 0 Å². The monoisotopic (exact) mass is 465 g/mol. The van der Waals surface area contributed by atoms with Gasteiger partial charge in [-0.1, -0.05) is 0 Å². The largest absolute Gasteiger partial charge is 1.00 e. The molecule has 2 aliphatic carbocycles. The summed E-state index contributed by atoms with van der Waals surface area (Å²) in [6.45, 7) is 23.7. The van der Waals surface area contributed by atoms with Crippen LogP contribution < -0.4 is 37.2 Å². The summed E-state index contributed by atoms with van der Waals surface area (Å²) in [6.07, 6.45) is 0. The maximum atomic E-state index is 2.43. The van der Waals surface area contributed by atoms with Crippen molar-refractivity contribution in [2.45, 2.75) is 69.2 Å². The van der Waals surface area contributed by atoms with E-state index in [0.717, 1.165) is 0 Å². The van der Waals surface area contributed by atoms with E-state index < -0.39 is 23.2 Å². The second-order valence-electron chi connectivity index (χ2n) is 7.88. The third-order valence-electron chi connectivity index (χ3n) is 6.38. The molecule has 0 N–H and O–H groups in total. The van der Waals surface area contributed by atoms with E-state index in [9.17, 15) is 0 Å². The molecule has 0 nitrogen and oxygen atoms in total. The summed E-state index contributed by atoms with van der Waals surface area (Å²) in [5.74, 6) is 0. The summed E-state index contributed by atoms with van der Waals surface area (Å²) in [5.41, 5.74) is 10.0. The first kappa shape index (κ1) is 26.9. The molecule has 0 aliphatic heterocycles. The molecule has 0 atom stereocenters. The molecule has 4 heteroatoms. The van der Waals surface area contributed by atoms with Gasteiger partial charge in [0.25, 0.3) is 0 Å². The van der Waals surface area contributed by atoms with Gasteiger partial charge in [0, 0.05) is 0 Å². The SMILES string of the molecule is CC1=C(C)C(C)(C)[C]([Zr+3][C]2=C(C)C(C)=C(C)C2(C)C)=C1C.[Cl-].[Cl-].[Cl-]. The quantitative estimate of drug-likeness (QED) is 0.417. The van der Waals surface area contributed by atoms with Crippen molar-refractivity contribution in [2.75, 3.05) is 0 Å². The number of halogens is 3. The van der Waals surface area contributed by atoms with Crippen LogP contribution >= 0.6 is 0 Å². The Labute approximate surface area is 179 Å². The van der Waals surface area contributed by atoms with E-state index in [0.29, 0.717) is 0 Å². The molecule has 0 bridgehead atoms. The van der Waals surface area contributed by atoms with Crippen molar-refractivity contribution in [3.05, 3.63) is 40.0 Å². The minimum Gasteiger partial charge on any atom is -1.00 e. The fraction of sp³-hybridized carbons (Fsp3) is 0.600. The third kappa shape index (κ3) is 3.85. The minimum atomic E-state index is -0.730. The molecule has 0 aromatic heterocycles. The zero-order valence-electron chi connectivity index (χ0n) is 16.6. The molecular weight excluding hydrogens is 438 g/mol. The Bertz CT molecular complexity index is 588. The average Bonchev–Trinajstić information content (AvgIpc) is 2.63. The van der Waals surface area contributed by atoms with Gasteiger partial charge in [-0.2, -0.15) is 0 Å². The first-order chi connectivity index (χ1) is 9.44. The normalized spacial score (nSPS) is 21.4. The Kier molecular flexibility index (Phi) is 9.65. The molecule has 0 aromatic rings. The summed E-state index contributed by atoms with van der Waals surface area (Å²) in [6, 6.07) is 0.